The lowest BCUT2D eigenvalue weighted by atomic mass is 9.90. The first-order valence-corrected chi connectivity index (χ1v) is 9.24. The third kappa shape index (κ3) is 5.45. The second kappa shape index (κ2) is 8.98. The number of ether oxygens (including phenoxy) is 1. The average molecular weight is 370 g/mol. The van der Waals surface area contributed by atoms with Gasteiger partial charge in [-0.15, -0.1) is 11.3 Å². The molecule has 132 valence electrons. The Hall–Kier alpha value is -1.67. The molecule has 1 aliphatic rings. The van der Waals surface area contributed by atoms with Gasteiger partial charge in [0.05, 0.1) is 12.0 Å². The number of fused-ring (bicyclic) bond motifs is 1. The number of methoxy groups -OCH3 is 1. The van der Waals surface area contributed by atoms with Crippen molar-refractivity contribution in [3.05, 3.63) is 21.4 Å². The average Bonchev–Trinajstić information content (AvgIpc) is 2.99. The number of carbonyl (C=O) groups excluding carboxylic acids is 2. The van der Waals surface area contributed by atoms with Crippen LogP contribution in [0.2, 0.25) is 0 Å². The van der Waals surface area contributed by atoms with Crippen molar-refractivity contribution >= 4 is 40.5 Å². The first-order chi connectivity index (χ1) is 11.5. The largest absolute Gasteiger partial charge is 0.469 e. The highest BCUT2D eigenvalue weighted by Gasteiger charge is 2.20. The van der Waals surface area contributed by atoms with Gasteiger partial charge in [-0.2, -0.15) is 0 Å². The standard InChI is InChI=1S/C16H23N3O3S2/c1-10-5-6-12-11(8-10)9-13(24-12)15(21)18-19-16(23)17-7-3-4-14(20)22-2/h9-10H,3-8H2,1-2H3,(H,18,21)(H2,17,19,23)/t10-/m1/s1. The number of thiocarbonyl (C=S) groups is 1. The van der Waals surface area contributed by atoms with E-state index in [9.17, 15) is 9.59 Å². The highest BCUT2D eigenvalue weighted by Crippen LogP contribution is 2.31. The number of hydrazine groups is 1. The molecule has 1 atom stereocenters. The number of nitrogens with one attached hydrogen (secondary N) is 3. The number of esters is 1. The van der Waals surface area contributed by atoms with E-state index in [4.69, 9.17) is 12.2 Å². The van der Waals surface area contributed by atoms with E-state index in [-0.39, 0.29) is 11.9 Å². The Morgan fingerprint density at radius 3 is 2.96 bits per heavy atom. The van der Waals surface area contributed by atoms with E-state index < -0.39 is 0 Å². The van der Waals surface area contributed by atoms with Crippen LogP contribution in [0.5, 0.6) is 0 Å². The lowest BCUT2D eigenvalue weighted by molar-refractivity contribution is -0.140. The van der Waals surface area contributed by atoms with Crippen LogP contribution >= 0.6 is 23.6 Å². The predicted octanol–water partition coefficient (Wildman–Crippen LogP) is 1.93. The fraction of sp³-hybridized carbons (Fsp3) is 0.562. The van der Waals surface area contributed by atoms with Gasteiger partial charge in [-0.05, 0) is 55.4 Å². The molecule has 1 aromatic rings. The molecule has 1 aliphatic carbocycles. The highest BCUT2D eigenvalue weighted by atomic mass is 32.1. The maximum Gasteiger partial charge on any atom is 0.305 e. The molecule has 0 aliphatic heterocycles. The summed E-state index contributed by atoms with van der Waals surface area (Å²) in [4.78, 5) is 25.2. The zero-order chi connectivity index (χ0) is 17.5. The second-order valence-corrected chi connectivity index (χ2v) is 7.47. The van der Waals surface area contributed by atoms with Gasteiger partial charge in [0.2, 0.25) is 0 Å². The molecule has 8 heteroatoms. The van der Waals surface area contributed by atoms with Gasteiger partial charge in [0.25, 0.3) is 5.91 Å². The van der Waals surface area contributed by atoms with Gasteiger partial charge in [-0.3, -0.25) is 20.4 Å². The minimum absolute atomic E-state index is 0.180. The summed E-state index contributed by atoms with van der Waals surface area (Å²) < 4.78 is 4.56. The van der Waals surface area contributed by atoms with Gasteiger partial charge in [-0.25, -0.2) is 0 Å². The van der Waals surface area contributed by atoms with Crippen LogP contribution in [-0.2, 0) is 22.4 Å². The van der Waals surface area contributed by atoms with Crippen molar-refractivity contribution < 1.29 is 14.3 Å². The molecule has 0 bridgehead atoms. The fourth-order valence-electron chi connectivity index (χ4n) is 2.57. The van der Waals surface area contributed by atoms with E-state index in [1.165, 1.54) is 24.0 Å². The summed E-state index contributed by atoms with van der Waals surface area (Å²) in [5.74, 6) is 0.253. The van der Waals surface area contributed by atoms with Crippen molar-refractivity contribution in [2.75, 3.05) is 13.7 Å². The predicted molar refractivity (Wildman–Crippen MR) is 98.0 cm³/mol. The zero-order valence-corrected chi connectivity index (χ0v) is 15.6. The summed E-state index contributed by atoms with van der Waals surface area (Å²) in [5.41, 5.74) is 6.59. The van der Waals surface area contributed by atoms with E-state index >= 15 is 0 Å². The van der Waals surface area contributed by atoms with Crippen LogP contribution in [0.1, 0.15) is 46.3 Å². The first-order valence-electron chi connectivity index (χ1n) is 8.02. The van der Waals surface area contributed by atoms with Gasteiger partial charge in [-0.1, -0.05) is 6.92 Å². The Labute approximate surface area is 151 Å². The molecule has 0 radical (unpaired) electrons. The Balaban J connectivity index is 1.71. The molecular weight excluding hydrogens is 346 g/mol. The SMILES string of the molecule is COC(=O)CCCNC(=S)NNC(=O)c1cc2c(s1)CC[C@@H](C)C2. The van der Waals surface area contributed by atoms with Crippen LogP contribution in [-0.4, -0.2) is 30.6 Å². The monoisotopic (exact) mass is 369 g/mol. The van der Waals surface area contributed by atoms with Crippen molar-refractivity contribution in [3.63, 3.8) is 0 Å². The summed E-state index contributed by atoms with van der Waals surface area (Å²) in [6.45, 7) is 2.77. The minimum atomic E-state index is -0.250. The number of thiophene rings is 1. The molecule has 1 heterocycles. The summed E-state index contributed by atoms with van der Waals surface area (Å²) in [6, 6.07) is 1.99. The van der Waals surface area contributed by atoms with Crippen molar-refractivity contribution in [3.8, 4) is 0 Å². The number of hydrogen-bond donors (Lipinski definition) is 3. The van der Waals surface area contributed by atoms with Gasteiger partial charge >= 0.3 is 5.97 Å². The zero-order valence-electron chi connectivity index (χ0n) is 13.9. The number of carbonyl (C=O) groups is 2. The molecule has 0 saturated heterocycles. The molecule has 0 saturated carbocycles. The Morgan fingerprint density at radius 2 is 2.21 bits per heavy atom. The fourth-order valence-corrected chi connectivity index (χ4v) is 3.83. The van der Waals surface area contributed by atoms with Crippen molar-refractivity contribution in [1.29, 1.82) is 0 Å². The van der Waals surface area contributed by atoms with Crippen molar-refractivity contribution in [2.45, 2.75) is 39.0 Å². The summed E-state index contributed by atoms with van der Waals surface area (Å²) >= 11 is 6.64. The summed E-state index contributed by atoms with van der Waals surface area (Å²) in [5, 5.41) is 3.25. The second-order valence-electron chi connectivity index (χ2n) is 5.92. The topological polar surface area (TPSA) is 79.5 Å². The summed E-state index contributed by atoms with van der Waals surface area (Å²) in [6.07, 6.45) is 4.23. The lowest BCUT2D eigenvalue weighted by Gasteiger charge is -2.16. The quantitative estimate of drug-likeness (QED) is 0.319. The van der Waals surface area contributed by atoms with E-state index in [0.717, 1.165) is 12.8 Å². The molecule has 1 amide bonds. The molecule has 0 unspecified atom stereocenters. The van der Waals surface area contributed by atoms with Crippen LogP contribution < -0.4 is 16.2 Å². The van der Waals surface area contributed by atoms with Crippen LogP contribution in [0.3, 0.4) is 0 Å². The smallest absolute Gasteiger partial charge is 0.305 e. The van der Waals surface area contributed by atoms with E-state index in [1.54, 1.807) is 11.3 Å². The molecule has 24 heavy (non-hydrogen) atoms. The Bertz CT molecular complexity index is 616. The third-order valence-corrected chi connectivity index (χ3v) is 5.40. The Kier molecular flexibility index (Phi) is 6.99. The van der Waals surface area contributed by atoms with Gasteiger partial charge in [0.15, 0.2) is 5.11 Å². The molecule has 0 fully saturated rings. The van der Waals surface area contributed by atoms with Gasteiger partial charge in [0, 0.05) is 17.8 Å². The lowest BCUT2D eigenvalue weighted by Crippen LogP contribution is -2.46. The van der Waals surface area contributed by atoms with Crippen LogP contribution in [0.15, 0.2) is 6.07 Å². The van der Waals surface area contributed by atoms with Crippen molar-refractivity contribution in [1.82, 2.24) is 16.2 Å². The van der Waals surface area contributed by atoms with Crippen molar-refractivity contribution in [2.24, 2.45) is 5.92 Å². The number of amides is 1. The maximum atomic E-state index is 12.2. The molecule has 3 N–H and O–H groups in total. The molecular formula is C16H23N3O3S2. The molecule has 2 rings (SSSR count). The normalized spacial score (nSPS) is 16.0. The van der Waals surface area contributed by atoms with Crippen LogP contribution in [0.25, 0.3) is 0 Å². The molecule has 1 aromatic heterocycles. The molecule has 0 aromatic carbocycles. The number of hydrogen-bond acceptors (Lipinski definition) is 5. The first kappa shape index (κ1) is 18.7. The number of rotatable bonds is 5. The van der Waals surface area contributed by atoms with E-state index in [1.807, 2.05) is 6.07 Å². The van der Waals surface area contributed by atoms with Gasteiger partial charge in [0.1, 0.15) is 0 Å². The third-order valence-electron chi connectivity index (χ3n) is 3.91. The molecule has 0 spiro atoms. The van der Waals surface area contributed by atoms with Crippen LogP contribution in [0.4, 0.5) is 0 Å². The maximum absolute atomic E-state index is 12.2. The van der Waals surface area contributed by atoms with E-state index in [0.29, 0.717) is 35.3 Å². The van der Waals surface area contributed by atoms with Gasteiger partial charge < -0.3 is 10.1 Å². The Morgan fingerprint density at radius 1 is 1.42 bits per heavy atom. The number of aryl methyl sites for hydroxylation is 1. The molecule has 6 nitrogen and oxygen atoms in total. The van der Waals surface area contributed by atoms with Crippen LogP contribution in [0, 0.1) is 5.92 Å². The summed E-state index contributed by atoms with van der Waals surface area (Å²) in [7, 11) is 1.36. The van der Waals surface area contributed by atoms with E-state index in [2.05, 4.69) is 27.8 Å². The highest BCUT2D eigenvalue weighted by molar-refractivity contribution is 7.80. The minimum Gasteiger partial charge on any atom is -0.469 e.